The topological polar surface area (TPSA) is 61.1 Å². The third kappa shape index (κ3) is 12.8. The molecule has 0 radical (unpaired) electrons. The first-order valence-electron chi connectivity index (χ1n) is 9.63. The molecule has 8 heteroatoms. The molecule has 27 heavy (non-hydrogen) atoms. The van der Waals surface area contributed by atoms with Crippen molar-refractivity contribution in [2.24, 2.45) is 0 Å². The van der Waals surface area contributed by atoms with E-state index in [1.165, 1.54) is 76.4 Å². The fourth-order valence-corrected chi connectivity index (χ4v) is 2.55. The van der Waals surface area contributed by atoms with E-state index in [1.54, 1.807) is 0 Å². The van der Waals surface area contributed by atoms with E-state index >= 15 is 0 Å². The van der Waals surface area contributed by atoms with E-state index in [0.29, 0.717) is 0 Å². The van der Waals surface area contributed by atoms with E-state index in [2.05, 4.69) is 42.8 Å². The van der Waals surface area contributed by atoms with Crippen LogP contribution in [-0.2, 0) is 23.1 Å². The molecule has 0 aromatic carbocycles. The van der Waals surface area contributed by atoms with Crippen molar-refractivity contribution in [1.29, 1.82) is 0 Å². The molecule has 1 rings (SSSR count). The van der Waals surface area contributed by atoms with Gasteiger partial charge in [-0.05, 0) is 12.8 Å². The number of aromatic nitrogens is 1. The molecule has 1 aromatic rings. The Morgan fingerprint density at radius 1 is 0.926 bits per heavy atom. The molecular weight excluding hydrogens is 379 g/mol. The van der Waals surface area contributed by atoms with Gasteiger partial charge in [0.25, 0.3) is 0 Å². The second-order valence-electron chi connectivity index (χ2n) is 6.51. The van der Waals surface area contributed by atoms with Crippen LogP contribution in [0.25, 0.3) is 0 Å². The second kappa shape index (κ2) is 13.9. The zero-order valence-corrected chi connectivity index (χ0v) is 17.1. The van der Waals surface area contributed by atoms with E-state index in [9.17, 15) is 13.2 Å². The van der Waals surface area contributed by atoms with Crippen molar-refractivity contribution < 1.29 is 30.7 Å². The fourth-order valence-electron chi connectivity index (χ4n) is 2.55. The van der Waals surface area contributed by atoms with Crippen molar-refractivity contribution in [3.05, 3.63) is 30.1 Å². The van der Waals surface area contributed by atoms with Crippen LogP contribution in [0.3, 0.4) is 0 Å². The summed E-state index contributed by atoms with van der Waals surface area (Å²) in [5.41, 5.74) is -4.14. The lowest BCUT2D eigenvalue weighted by molar-refractivity contribution is -0.704. The summed E-state index contributed by atoms with van der Waals surface area (Å²) in [6.45, 7) is 5.75. The van der Waals surface area contributed by atoms with E-state index < -0.39 is 15.6 Å². The van der Waals surface area contributed by atoms with E-state index in [-0.39, 0.29) is 0 Å². The highest BCUT2D eigenvalue weighted by Gasteiger charge is 2.36. The van der Waals surface area contributed by atoms with Crippen LogP contribution >= 0.6 is 0 Å². The number of unbranched alkanes of at least 4 members (excludes halogenated alkanes) is 7. The first kappa shape index (κ1) is 25.9. The van der Waals surface area contributed by atoms with Gasteiger partial charge in [-0.2, -0.15) is 13.2 Å². The zero-order chi connectivity index (χ0) is 20.8. The minimum absolute atomic E-state index is 1.20. The van der Waals surface area contributed by atoms with Crippen LogP contribution in [0.4, 0.5) is 13.2 Å². The first-order chi connectivity index (χ1) is 12.6. The fraction of sp³-hybridized carbons (Fsp3) is 0.737. The third-order valence-electron chi connectivity index (χ3n) is 4.11. The number of aryl methyl sites for hydroxylation is 2. The zero-order valence-electron chi connectivity index (χ0n) is 16.3. The number of rotatable bonds is 11. The molecule has 4 nitrogen and oxygen atoms in total. The Kier molecular flexibility index (Phi) is 13.3. The molecule has 0 spiro atoms. The Labute approximate surface area is 161 Å². The van der Waals surface area contributed by atoms with Crippen molar-refractivity contribution in [3.63, 3.8) is 0 Å². The number of hydrogen-bond acceptors (Lipinski definition) is 3. The molecule has 1 aromatic heterocycles. The molecule has 0 saturated heterocycles. The lowest BCUT2D eigenvalue weighted by Crippen LogP contribution is -2.37. The van der Waals surface area contributed by atoms with Gasteiger partial charge in [0.2, 0.25) is 0 Å². The van der Waals surface area contributed by atoms with Crippen molar-refractivity contribution in [2.75, 3.05) is 0 Å². The average Bonchev–Trinajstić information content (AvgIpc) is 2.59. The molecule has 0 aliphatic carbocycles. The molecule has 0 atom stereocenters. The molecule has 0 aliphatic heterocycles. The van der Waals surface area contributed by atoms with Crippen LogP contribution < -0.4 is 4.57 Å². The molecule has 1 heterocycles. The maximum Gasteiger partial charge on any atom is 0.485 e. The van der Waals surface area contributed by atoms with Crippen LogP contribution in [-0.4, -0.2) is 18.5 Å². The van der Waals surface area contributed by atoms with Gasteiger partial charge in [0.1, 0.15) is 6.54 Å². The van der Waals surface area contributed by atoms with Crippen molar-refractivity contribution in [1.82, 2.24) is 0 Å². The molecule has 0 aliphatic rings. The standard InChI is InChI=1S/C18H32N.CHF3O3S/c1-3-5-7-8-9-10-12-16-19-17-13-11-15-18(19)14-6-4-2;2-1(3,4)8(5,6)7/h11,13,15,17H,3-10,12,14,16H2,1-2H3;(H,5,6,7)/q+1;/p-1. The summed E-state index contributed by atoms with van der Waals surface area (Å²) in [4.78, 5) is 0. The predicted molar refractivity (Wildman–Crippen MR) is 99.0 cm³/mol. The van der Waals surface area contributed by atoms with Crippen molar-refractivity contribution in [3.8, 4) is 0 Å². The van der Waals surface area contributed by atoms with Gasteiger partial charge < -0.3 is 4.55 Å². The van der Waals surface area contributed by atoms with Gasteiger partial charge in [0, 0.05) is 25.0 Å². The van der Waals surface area contributed by atoms with Gasteiger partial charge in [0.15, 0.2) is 22.0 Å². The van der Waals surface area contributed by atoms with Crippen LogP contribution in [0, 0.1) is 0 Å². The first-order valence-corrected chi connectivity index (χ1v) is 11.0. The summed E-state index contributed by atoms with van der Waals surface area (Å²) >= 11 is 0. The predicted octanol–water partition coefficient (Wildman–Crippen LogP) is 5.12. The van der Waals surface area contributed by atoms with Crippen LogP contribution in [0.5, 0.6) is 0 Å². The molecule has 158 valence electrons. The number of nitrogens with zero attached hydrogens (tertiary/aromatic N) is 1. The highest BCUT2D eigenvalue weighted by atomic mass is 32.2. The number of alkyl halides is 3. The van der Waals surface area contributed by atoms with Gasteiger partial charge in [-0.1, -0.05) is 58.4 Å². The highest BCUT2D eigenvalue weighted by Crippen LogP contribution is 2.20. The monoisotopic (exact) mass is 411 g/mol. The van der Waals surface area contributed by atoms with E-state index in [1.807, 2.05) is 0 Å². The minimum atomic E-state index is -6.09. The highest BCUT2D eigenvalue weighted by molar-refractivity contribution is 7.86. The number of hydrogen-bond donors (Lipinski definition) is 0. The molecule has 0 unspecified atom stereocenters. The normalized spacial score (nSPS) is 11.8. The summed E-state index contributed by atoms with van der Waals surface area (Å²) in [6.07, 6.45) is 15.8. The Balaban J connectivity index is 0.000000713. The summed E-state index contributed by atoms with van der Waals surface area (Å²) in [5.74, 6) is 0. The Hall–Kier alpha value is -1.15. The van der Waals surface area contributed by atoms with Crippen molar-refractivity contribution >= 4 is 10.1 Å². The van der Waals surface area contributed by atoms with E-state index in [4.69, 9.17) is 13.0 Å². The molecule has 0 fully saturated rings. The quantitative estimate of drug-likeness (QED) is 0.220. The summed E-state index contributed by atoms with van der Waals surface area (Å²) in [7, 11) is -6.09. The van der Waals surface area contributed by atoms with E-state index in [0.717, 1.165) is 0 Å². The van der Waals surface area contributed by atoms with Crippen LogP contribution in [0.15, 0.2) is 24.4 Å². The largest absolute Gasteiger partial charge is 0.741 e. The molecule has 0 saturated carbocycles. The lowest BCUT2D eigenvalue weighted by Gasteiger charge is -2.08. The van der Waals surface area contributed by atoms with Crippen molar-refractivity contribution in [2.45, 2.75) is 90.1 Å². The lowest BCUT2D eigenvalue weighted by atomic mass is 10.1. The van der Waals surface area contributed by atoms with Gasteiger partial charge in [0.05, 0.1) is 0 Å². The van der Waals surface area contributed by atoms with Gasteiger partial charge in [-0.3, -0.25) is 0 Å². The smallest absolute Gasteiger partial charge is 0.485 e. The Morgan fingerprint density at radius 2 is 1.44 bits per heavy atom. The Bertz CT molecular complexity index is 604. The Morgan fingerprint density at radius 3 is 1.96 bits per heavy atom. The third-order valence-corrected chi connectivity index (χ3v) is 4.67. The average molecular weight is 412 g/mol. The minimum Gasteiger partial charge on any atom is -0.741 e. The second-order valence-corrected chi connectivity index (χ2v) is 7.88. The molecule has 0 amide bonds. The number of halogens is 3. The van der Waals surface area contributed by atoms with Gasteiger partial charge in [-0.15, -0.1) is 0 Å². The van der Waals surface area contributed by atoms with Gasteiger partial charge in [-0.25, -0.2) is 13.0 Å². The van der Waals surface area contributed by atoms with Gasteiger partial charge >= 0.3 is 5.51 Å². The summed E-state index contributed by atoms with van der Waals surface area (Å²) in [6, 6.07) is 6.62. The maximum atomic E-state index is 10.7. The number of pyridine rings is 1. The maximum absolute atomic E-state index is 10.7. The summed E-state index contributed by atoms with van der Waals surface area (Å²) in [5, 5.41) is 0. The van der Waals surface area contributed by atoms with Crippen LogP contribution in [0.1, 0.15) is 77.3 Å². The SMILES string of the molecule is CCCCCCCCC[n+]1ccccc1CCCC.O=S(=O)([O-])C(F)(F)F. The summed E-state index contributed by atoms with van der Waals surface area (Å²) < 4.78 is 61.4. The molecule has 0 N–H and O–H groups in total. The molecular formula is C19H32F3NO3S. The molecule has 0 bridgehead atoms. The van der Waals surface area contributed by atoms with Crippen LogP contribution in [0.2, 0.25) is 0 Å².